The minimum absolute atomic E-state index is 0.0109. The molecule has 0 aliphatic rings. The van der Waals surface area contributed by atoms with E-state index < -0.39 is 70.6 Å². The van der Waals surface area contributed by atoms with Crippen LogP contribution in [0.1, 0.15) is 129 Å². The predicted molar refractivity (Wildman–Crippen MR) is 235 cm³/mol. The van der Waals surface area contributed by atoms with E-state index in [-0.39, 0.29) is 12.8 Å². The molecule has 0 amide bonds. The summed E-state index contributed by atoms with van der Waals surface area (Å²) in [6.07, 6.45) is 41.6. The van der Waals surface area contributed by atoms with Gasteiger partial charge in [-0.1, -0.05) is 143 Å². The number of allylic oxidation sites excluding steroid dienone is 12. The first kappa shape index (κ1) is 55.8. The van der Waals surface area contributed by atoms with E-state index in [2.05, 4.69) is 35.8 Å². The van der Waals surface area contributed by atoms with E-state index in [9.17, 15) is 34.4 Å². The molecular formula is C46H75O12P. The molecule has 0 aromatic rings. The summed E-state index contributed by atoms with van der Waals surface area (Å²) >= 11 is 0. The molecular weight excluding hydrogens is 775 g/mol. The van der Waals surface area contributed by atoms with Crippen molar-refractivity contribution in [1.82, 2.24) is 0 Å². The van der Waals surface area contributed by atoms with Crippen LogP contribution in [0.4, 0.5) is 0 Å². The monoisotopic (exact) mass is 850 g/mol. The van der Waals surface area contributed by atoms with Crippen LogP contribution >= 0.6 is 7.82 Å². The Kier molecular flexibility index (Phi) is 38.1. The van der Waals surface area contributed by atoms with E-state index >= 15 is 0 Å². The van der Waals surface area contributed by atoms with Crippen LogP contribution < -0.4 is 0 Å². The summed E-state index contributed by atoms with van der Waals surface area (Å²) in [6.45, 7) is 1.89. The standard InChI is InChI=1S/C46H75O12P/c1-3-5-7-8-9-10-11-12-13-14-15-16-20-23-29-35-45(51)55-39-44(40-57-59(53,54)56-38-43(50)37-47)58-46(52)36-30-24-28-34-42(49)33-27-22-19-17-18-21-26-32-41(48)31-25-6-4-2/h6,9-10,12-13,18-19,21-22,25-28,32-34,41-44,47-50H,3-5,7-8,11,14-17,20,23-24,29-31,35-40H2,1-2H3,(H,53,54)/b10-9-,13-12-,21-18-,22-19-,25-6-,32-26+,33-27+,34-28-/t41-,42-,43-,44+/m0/s1. The summed E-state index contributed by atoms with van der Waals surface area (Å²) < 4.78 is 32.5. The average Bonchev–Trinajstić information content (AvgIpc) is 3.21. The average molecular weight is 851 g/mol. The van der Waals surface area contributed by atoms with E-state index in [0.717, 1.165) is 51.4 Å². The third-order valence-corrected chi connectivity index (χ3v) is 9.35. The third kappa shape index (κ3) is 40.0. The Morgan fingerprint density at radius 3 is 1.92 bits per heavy atom. The van der Waals surface area contributed by atoms with Crippen LogP contribution in [0.2, 0.25) is 0 Å². The zero-order valence-corrected chi connectivity index (χ0v) is 36.5. The predicted octanol–water partition coefficient (Wildman–Crippen LogP) is 9.16. The molecule has 0 heterocycles. The number of rotatable bonds is 38. The summed E-state index contributed by atoms with van der Waals surface area (Å²) in [7, 11) is -4.68. The maximum Gasteiger partial charge on any atom is 0.472 e. The molecule has 0 aliphatic heterocycles. The number of esters is 2. The van der Waals surface area contributed by atoms with E-state index in [1.54, 1.807) is 30.4 Å². The van der Waals surface area contributed by atoms with E-state index in [1.807, 2.05) is 49.5 Å². The quantitative estimate of drug-likeness (QED) is 0.0130. The minimum Gasteiger partial charge on any atom is -0.462 e. The van der Waals surface area contributed by atoms with Gasteiger partial charge in [0.25, 0.3) is 0 Å². The molecule has 0 aromatic carbocycles. The molecule has 0 aliphatic carbocycles. The lowest BCUT2D eigenvalue weighted by molar-refractivity contribution is -0.161. The van der Waals surface area contributed by atoms with Crippen molar-refractivity contribution in [1.29, 1.82) is 0 Å². The van der Waals surface area contributed by atoms with Crippen molar-refractivity contribution >= 4 is 19.8 Å². The molecule has 59 heavy (non-hydrogen) atoms. The molecule has 0 bridgehead atoms. The summed E-state index contributed by atoms with van der Waals surface area (Å²) in [5, 5.41) is 38.3. The largest absolute Gasteiger partial charge is 0.472 e. The Balaban J connectivity index is 4.62. The first-order valence-corrected chi connectivity index (χ1v) is 22.9. The lowest BCUT2D eigenvalue weighted by Crippen LogP contribution is -2.29. The summed E-state index contributed by atoms with van der Waals surface area (Å²) in [5.74, 6) is -1.14. The van der Waals surface area contributed by atoms with Crippen LogP contribution in [0.25, 0.3) is 0 Å². The maximum atomic E-state index is 12.6. The van der Waals surface area contributed by atoms with Crippen molar-refractivity contribution in [3.63, 3.8) is 0 Å². The molecule has 13 heteroatoms. The second kappa shape index (κ2) is 40.2. The Hall–Kier alpha value is -3.19. The number of aliphatic hydroxyl groups is 4. The minimum atomic E-state index is -4.68. The van der Waals surface area contributed by atoms with Gasteiger partial charge in [0.15, 0.2) is 6.10 Å². The molecule has 0 aromatic heterocycles. The zero-order chi connectivity index (χ0) is 43.7. The molecule has 5 atom stereocenters. The Morgan fingerprint density at radius 2 is 1.22 bits per heavy atom. The van der Waals surface area contributed by atoms with Crippen molar-refractivity contribution < 1.29 is 58.0 Å². The first-order valence-electron chi connectivity index (χ1n) is 21.4. The number of phosphoric ester groups is 1. The molecule has 12 nitrogen and oxygen atoms in total. The molecule has 0 saturated heterocycles. The number of unbranched alkanes of at least 4 members (excludes halogenated alkanes) is 9. The van der Waals surface area contributed by atoms with Crippen molar-refractivity contribution in [3.8, 4) is 0 Å². The lowest BCUT2D eigenvalue weighted by Gasteiger charge is -2.20. The lowest BCUT2D eigenvalue weighted by atomic mass is 10.1. The first-order chi connectivity index (χ1) is 28.5. The zero-order valence-electron chi connectivity index (χ0n) is 35.6. The topological polar surface area (TPSA) is 189 Å². The van der Waals surface area contributed by atoms with Gasteiger partial charge >= 0.3 is 19.8 Å². The maximum absolute atomic E-state index is 12.6. The highest BCUT2D eigenvalue weighted by Gasteiger charge is 2.27. The number of phosphoric acid groups is 1. The molecule has 0 spiro atoms. The summed E-state index contributed by atoms with van der Waals surface area (Å²) in [6, 6.07) is 0. The number of ether oxygens (including phenoxy) is 2. The van der Waals surface area contributed by atoms with Gasteiger partial charge < -0.3 is 34.8 Å². The van der Waals surface area contributed by atoms with E-state index in [1.165, 1.54) is 19.3 Å². The number of hydrogen-bond acceptors (Lipinski definition) is 11. The highest BCUT2D eigenvalue weighted by Crippen LogP contribution is 2.43. The molecule has 0 saturated carbocycles. The van der Waals surface area contributed by atoms with Crippen molar-refractivity contribution in [2.24, 2.45) is 0 Å². The molecule has 0 fully saturated rings. The van der Waals surface area contributed by atoms with Crippen LogP contribution in [0, 0.1) is 0 Å². The second-order valence-electron chi connectivity index (χ2n) is 14.0. The molecule has 0 rings (SSSR count). The molecule has 336 valence electrons. The second-order valence-corrected chi connectivity index (χ2v) is 15.5. The van der Waals surface area contributed by atoms with Crippen molar-refractivity contribution in [2.45, 2.75) is 154 Å². The fraction of sp³-hybridized carbons (Fsp3) is 0.609. The van der Waals surface area contributed by atoms with Gasteiger partial charge in [0.05, 0.1) is 32.0 Å². The SMILES string of the molecule is CC/C=C\C[C@H](O)/C=C/C=C\C/C=C\C=C\[C@H](O)/C=C\CCCC(=O)O[C@H](COC(=O)CCCCCCC/C=C\C/C=C\CCCCC)COP(=O)(O)OC[C@@H](O)CO. The fourth-order valence-electron chi connectivity index (χ4n) is 5.06. The number of carbonyl (C=O) groups excluding carboxylic acids is 2. The molecule has 1 unspecified atom stereocenters. The van der Waals surface area contributed by atoms with E-state index in [0.29, 0.717) is 32.1 Å². The van der Waals surface area contributed by atoms with Crippen LogP contribution in [-0.2, 0) is 32.7 Å². The number of aliphatic hydroxyl groups excluding tert-OH is 4. The molecule has 0 radical (unpaired) electrons. The van der Waals surface area contributed by atoms with Gasteiger partial charge in [0.2, 0.25) is 0 Å². The molecule has 5 N–H and O–H groups in total. The smallest absolute Gasteiger partial charge is 0.462 e. The van der Waals surface area contributed by atoms with Gasteiger partial charge in [-0.25, -0.2) is 4.57 Å². The fourth-order valence-corrected chi connectivity index (χ4v) is 5.85. The van der Waals surface area contributed by atoms with Crippen LogP contribution in [-0.4, -0.2) is 88.1 Å². The summed E-state index contributed by atoms with van der Waals surface area (Å²) in [4.78, 5) is 35.0. The van der Waals surface area contributed by atoms with Gasteiger partial charge in [-0.3, -0.25) is 18.6 Å². The normalized spacial score (nSPS) is 15.8. The van der Waals surface area contributed by atoms with Crippen molar-refractivity contribution in [3.05, 3.63) is 97.2 Å². The van der Waals surface area contributed by atoms with Gasteiger partial charge in [-0.15, -0.1) is 0 Å². The van der Waals surface area contributed by atoms with Gasteiger partial charge in [0.1, 0.15) is 12.7 Å². The van der Waals surface area contributed by atoms with E-state index in [4.69, 9.17) is 19.1 Å². The number of carbonyl (C=O) groups is 2. The van der Waals surface area contributed by atoms with Crippen LogP contribution in [0.3, 0.4) is 0 Å². The Bertz CT molecular complexity index is 1330. The van der Waals surface area contributed by atoms with Gasteiger partial charge in [-0.05, 0) is 70.6 Å². The summed E-state index contributed by atoms with van der Waals surface area (Å²) in [5.41, 5.74) is 0. The van der Waals surface area contributed by atoms with Crippen LogP contribution in [0.5, 0.6) is 0 Å². The van der Waals surface area contributed by atoms with Gasteiger partial charge in [0, 0.05) is 12.8 Å². The van der Waals surface area contributed by atoms with Crippen LogP contribution in [0.15, 0.2) is 97.2 Å². The van der Waals surface area contributed by atoms with Gasteiger partial charge in [-0.2, -0.15) is 0 Å². The number of hydrogen-bond donors (Lipinski definition) is 5. The Labute approximate surface area is 354 Å². The highest BCUT2D eigenvalue weighted by atomic mass is 31.2. The third-order valence-electron chi connectivity index (χ3n) is 8.40. The Morgan fingerprint density at radius 1 is 0.610 bits per heavy atom. The highest BCUT2D eigenvalue weighted by molar-refractivity contribution is 7.47. The van der Waals surface area contributed by atoms with Crippen molar-refractivity contribution in [2.75, 3.05) is 26.4 Å².